The average Bonchev–Trinajstić information content (AvgIpc) is 3.27. The molecule has 27 heavy (non-hydrogen) atoms. The van der Waals surface area contributed by atoms with Crippen molar-refractivity contribution in [2.24, 2.45) is 0 Å². The van der Waals surface area contributed by atoms with Crippen LogP contribution in [0.3, 0.4) is 0 Å². The van der Waals surface area contributed by atoms with E-state index in [0.717, 1.165) is 22.4 Å². The zero-order chi connectivity index (χ0) is 19.6. The molecule has 0 aliphatic rings. The van der Waals surface area contributed by atoms with E-state index in [1.807, 2.05) is 19.1 Å². The summed E-state index contributed by atoms with van der Waals surface area (Å²) in [7, 11) is 0. The normalized spacial score (nSPS) is 11.6. The Balaban J connectivity index is 1.88. The van der Waals surface area contributed by atoms with Crippen LogP contribution in [0.25, 0.3) is 5.69 Å². The molecule has 0 saturated carbocycles. The maximum atomic E-state index is 13.6. The Morgan fingerprint density at radius 3 is 2.44 bits per heavy atom. The van der Waals surface area contributed by atoms with Crippen molar-refractivity contribution in [3.8, 4) is 5.69 Å². The standard InChI is InChI=1S/C18H15ClF3N3OS/c1-2-13-7-8-14(27-13)9-23-17(26)15-10-24-25(16(15)18(20,21)22)12-5-3-11(19)4-6-12/h3-8,10H,2,9H2,1H3,(H,23,26). The van der Waals surface area contributed by atoms with Gasteiger partial charge in [0.1, 0.15) is 0 Å². The van der Waals surface area contributed by atoms with Gasteiger partial charge in [0.05, 0.1) is 24.0 Å². The van der Waals surface area contributed by atoms with Gasteiger partial charge in [-0.15, -0.1) is 11.3 Å². The van der Waals surface area contributed by atoms with E-state index in [1.54, 1.807) is 0 Å². The number of carbonyl (C=O) groups excluding carboxylic acids is 1. The minimum absolute atomic E-state index is 0.160. The van der Waals surface area contributed by atoms with Gasteiger partial charge in [0.15, 0.2) is 5.69 Å². The van der Waals surface area contributed by atoms with Gasteiger partial charge in [0.25, 0.3) is 5.91 Å². The third-order valence-electron chi connectivity index (χ3n) is 3.84. The summed E-state index contributed by atoms with van der Waals surface area (Å²) in [5.74, 6) is -0.825. The Labute approximate surface area is 162 Å². The average molecular weight is 414 g/mol. The summed E-state index contributed by atoms with van der Waals surface area (Å²) >= 11 is 7.29. The monoisotopic (exact) mass is 413 g/mol. The predicted molar refractivity (Wildman–Crippen MR) is 98.4 cm³/mol. The second-order valence-corrected chi connectivity index (χ2v) is 7.39. The molecule has 0 fully saturated rings. The van der Waals surface area contributed by atoms with Gasteiger partial charge in [-0.25, -0.2) is 4.68 Å². The molecule has 2 aromatic heterocycles. The van der Waals surface area contributed by atoms with Crippen LogP contribution in [-0.2, 0) is 19.1 Å². The lowest BCUT2D eigenvalue weighted by Gasteiger charge is -2.13. The molecule has 3 rings (SSSR count). The van der Waals surface area contributed by atoms with Crippen molar-refractivity contribution in [3.63, 3.8) is 0 Å². The molecule has 0 aliphatic heterocycles. The number of hydrogen-bond acceptors (Lipinski definition) is 3. The fourth-order valence-electron chi connectivity index (χ4n) is 2.54. The lowest BCUT2D eigenvalue weighted by atomic mass is 10.2. The van der Waals surface area contributed by atoms with Crippen LogP contribution in [0, 0.1) is 0 Å². The van der Waals surface area contributed by atoms with Gasteiger partial charge in [0, 0.05) is 14.8 Å². The highest BCUT2D eigenvalue weighted by molar-refractivity contribution is 7.11. The first-order valence-corrected chi connectivity index (χ1v) is 9.26. The molecule has 4 nitrogen and oxygen atoms in total. The van der Waals surface area contributed by atoms with Crippen LogP contribution in [0.15, 0.2) is 42.6 Å². The van der Waals surface area contributed by atoms with Crippen molar-refractivity contribution in [3.05, 3.63) is 68.6 Å². The van der Waals surface area contributed by atoms with E-state index in [2.05, 4.69) is 10.4 Å². The number of rotatable bonds is 5. The van der Waals surface area contributed by atoms with Crippen LogP contribution in [0.2, 0.25) is 5.02 Å². The summed E-state index contributed by atoms with van der Waals surface area (Å²) in [6, 6.07) is 9.52. The van der Waals surface area contributed by atoms with Crippen molar-refractivity contribution >= 4 is 28.8 Å². The fraction of sp³-hybridized carbons (Fsp3) is 0.222. The maximum Gasteiger partial charge on any atom is 0.434 e. The lowest BCUT2D eigenvalue weighted by Crippen LogP contribution is -2.26. The third-order valence-corrected chi connectivity index (χ3v) is 5.32. The molecule has 142 valence electrons. The summed E-state index contributed by atoms with van der Waals surface area (Å²) in [6.45, 7) is 2.17. The first-order valence-electron chi connectivity index (χ1n) is 8.06. The summed E-state index contributed by atoms with van der Waals surface area (Å²) < 4.78 is 41.5. The molecule has 0 bridgehead atoms. The number of aromatic nitrogens is 2. The number of aryl methyl sites for hydroxylation is 1. The highest BCUT2D eigenvalue weighted by Crippen LogP contribution is 2.34. The highest BCUT2D eigenvalue weighted by atomic mass is 35.5. The van der Waals surface area contributed by atoms with Crippen molar-refractivity contribution in [1.29, 1.82) is 0 Å². The zero-order valence-electron chi connectivity index (χ0n) is 14.2. The van der Waals surface area contributed by atoms with Gasteiger partial charge in [-0.05, 0) is 42.8 Å². The van der Waals surface area contributed by atoms with Crippen LogP contribution in [0.1, 0.15) is 32.7 Å². The predicted octanol–water partition coefficient (Wildman–Crippen LogP) is 5.10. The molecule has 9 heteroatoms. The van der Waals surface area contributed by atoms with Crippen molar-refractivity contribution in [1.82, 2.24) is 15.1 Å². The van der Waals surface area contributed by atoms with Gasteiger partial charge in [-0.2, -0.15) is 18.3 Å². The van der Waals surface area contributed by atoms with Crippen molar-refractivity contribution in [2.45, 2.75) is 26.1 Å². The number of hydrogen-bond donors (Lipinski definition) is 1. The van der Waals surface area contributed by atoms with Gasteiger partial charge in [-0.3, -0.25) is 4.79 Å². The maximum absolute atomic E-state index is 13.6. The lowest BCUT2D eigenvalue weighted by molar-refractivity contribution is -0.143. The number of nitrogens with zero attached hydrogens (tertiary/aromatic N) is 2. The highest BCUT2D eigenvalue weighted by Gasteiger charge is 2.40. The van der Waals surface area contributed by atoms with Crippen LogP contribution in [0.5, 0.6) is 0 Å². The smallest absolute Gasteiger partial charge is 0.347 e. The topological polar surface area (TPSA) is 46.9 Å². The number of halogens is 4. The fourth-order valence-corrected chi connectivity index (χ4v) is 3.56. The van der Waals surface area contributed by atoms with Crippen LogP contribution in [0.4, 0.5) is 13.2 Å². The van der Waals surface area contributed by atoms with Gasteiger partial charge in [0.2, 0.25) is 0 Å². The number of carbonyl (C=O) groups is 1. The summed E-state index contributed by atoms with van der Waals surface area (Å²) in [4.78, 5) is 14.4. The molecular weight excluding hydrogens is 399 g/mol. The molecule has 0 unspecified atom stereocenters. The first-order chi connectivity index (χ1) is 12.8. The largest absolute Gasteiger partial charge is 0.434 e. The van der Waals surface area contributed by atoms with E-state index in [4.69, 9.17) is 11.6 Å². The minimum Gasteiger partial charge on any atom is -0.347 e. The number of alkyl halides is 3. The molecule has 1 N–H and O–H groups in total. The molecule has 1 amide bonds. The Bertz CT molecular complexity index is 948. The molecule has 0 spiro atoms. The van der Waals surface area contributed by atoms with Gasteiger partial charge in [-0.1, -0.05) is 18.5 Å². The van der Waals surface area contributed by atoms with Gasteiger partial charge < -0.3 is 5.32 Å². The Morgan fingerprint density at radius 1 is 1.19 bits per heavy atom. The van der Waals surface area contributed by atoms with E-state index >= 15 is 0 Å². The molecule has 1 aromatic carbocycles. The molecule has 3 aromatic rings. The van der Waals surface area contributed by atoms with Crippen molar-refractivity contribution in [2.75, 3.05) is 0 Å². The number of amides is 1. The van der Waals surface area contributed by atoms with E-state index in [-0.39, 0.29) is 12.2 Å². The van der Waals surface area contributed by atoms with Crippen LogP contribution >= 0.6 is 22.9 Å². The van der Waals surface area contributed by atoms with Crippen LogP contribution in [-0.4, -0.2) is 15.7 Å². The second kappa shape index (κ2) is 7.74. The van der Waals surface area contributed by atoms with E-state index < -0.39 is 23.3 Å². The Kier molecular flexibility index (Phi) is 5.57. The summed E-state index contributed by atoms with van der Waals surface area (Å²) in [5.41, 5.74) is -1.48. The second-order valence-electron chi connectivity index (χ2n) is 5.70. The third kappa shape index (κ3) is 4.33. The Morgan fingerprint density at radius 2 is 1.85 bits per heavy atom. The van der Waals surface area contributed by atoms with Crippen molar-refractivity contribution < 1.29 is 18.0 Å². The van der Waals surface area contributed by atoms with E-state index in [0.29, 0.717) is 9.70 Å². The number of benzene rings is 1. The molecular formula is C18H15ClF3N3OS. The summed E-state index contributed by atoms with van der Waals surface area (Å²) in [6.07, 6.45) is -2.95. The quantitative estimate of drug-likeness (QED) is 0.632. The molecule has 0 radical (unpaired) electrons. The number of nitrogens with one attached hydrogen (secondary N) is 1. The molecule has 0 saturated heterocycles. The zero-order valence-corrected chi connectivity index (χ0v) is 15.8. The molecule has 2 heterocycles. The van der Waals surface area contributed by atoms with E-state index in [1.165, 1.54) is 35.6 Å². The van der Waals surface area contributed by atoms with E-state index in [9.17, 15) is 18.0 Å². The van der Waals surface area contributed by atoms with Gasteiger partial charge >= 0.3 is 6.18 Å². The molecule has 0 aliphatic carbocycles. The Hall–Kier alpha value is -2.32. The SMILES string of the molecule is CCc1ccc(CNC(=O)c2cnn(-c3ccc(Cl)cc3)c2C(F)(F)F)s1. The minimum atomic E-state index is -4.75. The van der Waals surface area contributed by atoms with Crippen LogP contribution < -0.4 is 5.32 Å². The first kappa shape index (κ1) is 19.4. The number of thiophene rings is 1. The summed E-state index contributed by atoms with van der Waals surface area (Å²) in [5, 5.41) is 6.70. The molecule has 0 atom stereocenters.